The summed E-state index contributed by atoms with van der Waals surface area (Å²) in [6.07, 6.45) is 1.44. The van der Waals surface area contributed by atoms with Gasteiger partial charge in [0.05, 0.1) is 7.11 Å². The molecule has 0 bridgehead atoms. The molecule has 0 aliphatic heterocycles. The molecule has 1 amide bonds. The molecule has 0 aliphatic rings. The summed E-state index contributed by atoms with van der Waals surface area (Å²) in [6.45, 7) is 3.85. The third kappa shape index (κ3) is 4.11. The van der Waals surface area contributed by atoms with E-state index in [0.717, 1.165) is 12.8 Å². The third-order valence-corrected chi connectivity index (χ3v) is 4.39. The molecule has 1 N–H and O–H groups in total. The van der Waals surface area contributed by atoms with E-state index in [4.69, 9.17) is 15.4 Å². The lowest BCUT2D eigenvalue weighted by atomic mass is 10.0. The lowest BCUT2D eigenvalue weighted by molar-refractivity contribution is -0.120. The SMILES string of the molecule is CCC(CC)C(=O)Nc1ccc(OC)c(S(=O)(=O)Cl)c1. The molecule has 0 aliphatic carbocycles. The van der Waals surface area contributed by atoms with E-state index in [0.29, 0.717) is 5.69 Å². The molecular formula is C13H18ClNO4S. The lowest BCUT2D eigenvalue weighted by Gasteiger charge is -2.14. The van der Waals surface area contributed by atoms with Crippen molar-refractivity contribution in [2.24, 2.45) is 5.92 Å². The quantitative estimate of drug-likeness (QED) is 0.818. The van der Waals surface area contributed by atoms with Gasteiger partial charge in [0.25, 0.3) is 9.05 Å². The predicted octanol–water partition coefficient (Wildman–Crippen LogP) is 3.00. The van der Waals surface area contributed by atoms with Gasteiger partial charge in [-0.2, -0.15) is 0 Å². The Balaban J connectivity index is 3.07. The Bertz CT molecular complexity index is 582. The summed E-state index contributed by atoms with van der Waals surface area (Å²) < 4.78 is 27.9. The minimum atomic E-state index is -3.94. The lowest BCUT2D eigenvalue weighted by Crippen LogP contribution is -2.21. The maximum Gasteiger partial charge on any atom is 0.265 e. The molecule has 0 aromatic heterocycles. The van der Waals surface area contributed by atoms with E-state index >= 15 is 0 Å². The Hall–Kier alpha value is -1.27. The number of benzene rings is 1. The molecule has 0 fully saturated rings. The number of carbonyl (C=O) groups is 1. The van der Waals surface area contributed by atoms with Gasteiger partial charge in [0.1, 0.15) is 10.6 Å². The van der Waals surface area contributed by atoms with Crippen LogP contribution in [0, 0.1) is 5.92 Å². The van der Waals surface area contributed by atoms with Crippen LogP contribution in [0.1, 0.15) is 26.7 Å². The van der Waals surface area contributed by atoms with Crippen molar-refractivity contribution in [2.45, 2.75) is 31.6 Å². The first kappa shape index (κ1) is 16.8. The first-order valence-electron chi connectivity index (χ1n) is 6.27. The summed E-state index contributed by atoms with van der Waals surface area (Å²) in [5, 5.41) is 2.69. The van der Waals surface area contributed by atoms with E-state index in [1.165, 1.54) is 19.2 Å². The number of rotatable bonds is 6. The van der Waals surface area contributed by atoms with E-state index in [1.54, 1.807) is 6.07 Å². The zero-order valence-corrected chi connectivity index (χ0v) is 13.2. The topological polar surface area (TPSA) is 72.5 Å². The van der Waals surface area contributed by atoms with Crippen LogP contribution in [-0.4, -0.2) is 21.4 Å². The van der Waals surface area contributed by atoms with Crippen LogP contribution in [0.15, 0.2) is 23.1 Å². The van der Waals surface area contributed by atoms with Crippen molar-refractivity contribution in [3.63, 3.8) is 0 Å². The molecule has 112 valence electrons. The maximum atomic E-state index is 12.0. The van der Waals surface area contributed by atoms with Gasteiger partial charge in [0, 0.05) is 22.3 Å². The number of hydrogen-bond donors (Lipinski definition) is 1. The zero-order chi connectivity index (χ0) is 15.3. The highest BCUT2D eigenvalue weighted by Gasteiger charge is 2.19. The normalized spacial score (nSPS) is 11.4. The minimum absolute atomic E-state index is 0.104. The monoisotopic (exact) mass is 319 g/mol. The van der Waals surface area contributed by atoms with Crippen molar-refractivity contribution in [1.29, 1.82) is 0 Å². The fourth-order valence-electron chi connectivity index (χ4n) is 1.85. The van der Waals surface area contributed by atoms with Gasteiger partial charge in [-0.25, -0.2) is 8.42 Å². The second-order valence-electron chi connectivity index (χ2n) is 4.31. The van der Waals surface area contributed by atoms with Gasteiger partial charge in [0.15, 0.2) is 0 Å². The molecule has 0 unspecified atom stereocenters. The average Bonchev–Trinajstić information content (AvgIpc) is 2.39. The van der Waals surface area contributed by atoms with Crippen molar-refractivity contribution in [1.82, 2.24) is 0 Å². The molecule has 1 aromatic rings. The van der Waals surface area contributed by atoms with Crippen molar-refractivity contribution in [3.8, 4) is 5.75 Å². The van der Waals surface area contributed by atoms with Gasteiger partial charge in [-0.3, -0.25) is 4.79 Å². The summed E-state index contributed by atoms with van der Waals surface area (Å²) >= 11 is 0. The van der Waals surface area contributed by atoms with Gasteiger partial charge >= 0.3 is 0 Å². The number of hydrogen-bond acceptors (Lipinski definition) is 4. The van der Waals surface area contributed by atoms with Crippen LogP contribution in [0.25, 0.3) is 0 Å². The number of nitrogens with one attached hydrogen (secondary N) is 1. The Morgan fingerprint density at radius 1 is 1.35 bits per heavy atom. The molecule has 0 spiro atoms. The molecule has 1 rings (SSSR count). The summed E-state index contributed by atoms with van der Waals surface area (Å²) in [4.78, 5) is 11.8. The van der Waals surface area contributed by atoms with Crippen molar-refractivity contribution < 1.29 is 17.9 Å². The van der Waals surface area contributed by atoms with Crippen LogP contribution in [0.3, 0.4) is 0 Å². The van der Waals surface area contributed by atoms with Crippen LogP contribution in [0.4, 0.5) is 5.69 Å². The summed E-state index contributed by atoms with van der Waals surface area (Å²) in [7, 11) is 2.76. The average molecular weight is 320 g/mol. The number of amides is 1. The number of halogens is 1. The fraction of sp³-hybridized carbons (Fsp3) is 0.462. The molecule has 0 radical (unpaired) electrons. The Morgan fingerprint density at radius 2 is 1.95 bits per heavy atom. The van der Waals surface area contributed by atoms with Crippen molar-refractivity contribution >= 4 is 31.3 Å². The van der Waals surface area contributed by atoms with E-state index in [-0.39, 0.29) is 22.5 Å². The largest absolute Gasteiger partial charge is 0.495 e. The molecular weight excluding hydrogens is 302 g/mol. The Morgan fingerprint density at radius 3 is 2.40 bits per heavy atom. The molecule has 0 saturated heterocycles. The third-order valence-electron chi connectivity index (χ3n) is 3.05. The van der Waals surface area contributed by atoms with Crippen LogP contribution >= 0.6 is 10.7 Å². The zero-order valence-electron chi connectivity index (χ0n) is 11.6. The highest BCUT2D eigenvalue weighted by molar-refractivity contribution is 8.13. The van der Waals surface area contributed by atoms with E-state index in [1.807, 2.05) is 13.8 Å². The van der Waals surface area contributed by atoms with Crippen molar-refractivity contribution in [2.75, 3.05) is 12.4 Å². The van der Waals surface area contributed by atoms with Gasteiger partial charge in [-0.1, -0.05) is 13.8 Å². The Kier molecular flexibility index (Phi) is 5.83. The summed E-state index contributed by atoms with van der Waals surface area (Å²) in [6, 6.07) is 4.32. The van der Waals surface area contributed by atoms with E-state index in [9.17, 15) is 13.2 Å². The van der Waals surface area contributed by atoms with Crippen molar-refractivity contribution in [3.05, 3.63) is 18.2 Å². The second kappa shape index (κ2) is 6.95. The van der Waals surface area contributed by atoms with Gasteiger partial charge < -0.3 is 10.1 Å². The van der Waals surface area contributed by atoms with Crippen LogP contribution < -0.4 is 10.1 Å². The highest BCUT2D eigenvalue weighted by Crippen LogP contribution is 2.30. The first-order chi connectivity index (χ1) is 9.33. The molecule has 7 heteroatoms. The molecule has 0 saturated carbocycles. The maximum absolute atomic E-state index is 12.0. The number of anilines is 1. The molecule has 5 nitrogen and oxygen atoms in total. The van der Waals surface area contributed by atoms with Gasteiger partial charge in [-0.15, -0.1) is 0 Å². The summed E-state index contributed by atoms with van der Waals surface area (Å²) in [5.41, 5.74) is 0.377. The number of methoxy groups -OCH3 is 1. The highest BCUT2D eigenvalue weighted by atomic mass is 35.7. The minimum Gasteiger partial charge on any atom is -0.495 e. The van der Waals surface area contributed by atoms with Crippen LogP contribution in [0.2, 0.25) is 0 Å². The smallest absolute Gasteiger partial charge is 0.265 e. The van der Waals surface area contributed by atoms with Crippen LogP contribution in [0.5, 0.6) is 5.75 Å². The summed E-state index contributed by atoms with van der Waals surface area (Å²) in [5.74, 6) is -0.105. The van der Waals surface area contributed by atoms with Crippen LogP contribution in [-0.2, 0) is 13.8 Å². The van der Waals surface area contributed by atoms with Gasteiger partial charge in [-0.05, 0) is 31.0 Å². The van der Waals surface area contributed by atoms with Gasteiger partial charge in [0.2, 0.25) is 5.91 Å². The molecule has 1 aromatic carbocycles. The number of carbonyl (C=O) groups excluding carboxylic acids is 1. The van der Waals surface area contributed by atoms with E-state index in [2.05, 4.69) is 5.32 Å². The predicted molar refractivity (Wildman–Crippen MR) is 78.7 cm³/mol. The standard InChI is InChI=1S/C13H18ClNO4S/c1-4-9(5-2)13(16)15-10-6-7-11(19-3)12(8-10)20(14,17)18/h6-9H,4-5H2,1-3H3,(H,15,16). The second-order valence-corrected chi connectivity index (χ2v) is 6.84. The van der Waals surface area contributed by atoms with E-state index < -0.39 is 9.05 Å². The molecule has 0 heterocycles. The number of ether oxygens (including phenoxy) is 1. The Labute approximate surface area is 123 Å². The first-order valence-corrected chi connectivity index (χ1v) is 8.58. The molecule has 0 atom stereocenters. The fourth-order valence-corrected chi connectivity index (χ4v) is 2.87. The molecule has 20 heavy (non-hydrogen) atoms.